The molecule has 0 spiro atoms. The highest BCUT2D eigenvalue weighted by molar-refractivity contribution is 7.99. The van der Waals surface area contributed by atoms with Gasteiger partial charge in [0.15, 0.2) is 5.82 Å². The van der Waals surface area contributed by atoms with Crippen molar-refractivity contribution in [3.05, 3.63) is 66.7 Å². The minimum atomic E-state index is 0.785. The SMILES string of the molecule is c1ccc2c(c1)ncn2Cc1ccc2c(c1)Nc1nccnc1S2. The first kappa shape index (κ1) is 13.6. The molecule has 0 saturated carbocycles. The van der Waals surface area contributed by atoms with E-state index in [-0.39, 0.29) is 0 Å². The summed E-state index contributed by atoms with van der Waals surface area (Å²) in [5, 5.41) is 4.29. The van der Waals surface area contributed by atoms with E-state index < -0.39 is 0 Å². The van der Waals surface area contributed by atoms with Gasteiger partial charge in [0, 0.05) is 23.8 Å². The predicted octanol–water partition coefficient (Wildman–Crippen LogP) is 4.08. The van der Waals surface area contributed by atoms with Gasteiger partial charge >= 0.3 is 0 Å². The Hall–Kier alpha value is -2.86. The van der Waals surface area contributed by atoms with Crippen molar-refractivity contribution in [2.24, 2.45) is 0 Å². The maximum absolute atomic E-state index is 4.46. The van der Waals surface area contributed by atoms with Crippen LogP contribution in [0.5, 0.6) is 0 Å². The summed E-state index contributed by atoms with van der Waals surface area (Å²) in [6, 6.07) is 14.7. The third kappa shape index (κ3) is 2.23. The summed E-state index contributed by atoms with van der Waals surface area (Å²) in [5.74, 6) is 0.820. The van der Waals surface area contributed by atoms with Crippen LogP contribution in [-0.4, -0.2) is 19.5 Å². The van der Waals surface area contributed by atoms with Gasteiger partial charge in [0.25, 0.3) is 0 Å². The first-order valence-corrected chi connectivity index (χ1v) is 8.47. The van der Waals surface area contributed by atoms with Crippen LogP contribution in [0.25, 0.3) is 11.0 Å². The summed E-state index contributed by atoms with van der Waals surface area (Å²) in [4.78, 5) is 14.3. The lowest BCUT2D eigenvalue weighted by Gasteiger charge is -2.19. The Bertz CT molecular complexity index is 1060. The molecule has 6 heteroatoms. The molecule has 0 amide bonds. The van der Waals surface area contributed by atoms with Gasteiger partial charge in [-0.3, -0.25) is 0 Å². The first-order chi connectivity index (χ1) is 11.9. The second-order valence-electron chi connectivity index (χ2n) is 5.63. The van der Waals surface area contributed by atoms with Crippen LogP contribution in [-0.2, 0) is 6.54 Å². The Morgan fingerprint density at radius 2 is 1.92 bits per heavy atom. The maximum atomic E-state index is 4.46. The quantitative estimate of drug-likeness (QED) is 0.528. The summed E-state index contributed by atoms with van der Waals surface area (Å²) in [6.07, 6.45) is 5.32. The van der Waals surface area contributed by atoms with E-state index in [4.69, 9.17) is 0 Å². The third-order valence-corrected chi connectivity index (χ3v) is 5.12. The molecule has 0 saturated heterocycles. The molecule has 2 aromatic heterocycles. The summed E-state index contributed by atoms with van der Waals surface area (Å²) >= 11 is 1.65. The van der Waals surface area contributed by atoms with Crippen molar-refractivity contribution in [2.45, 2.75) is 16.5 Å². The molecule has 0 unspecified atom stereocenters. The van der Waals surface area contributed by atoms with Crippen molar-refractivity contribution >= 4 is 34.3 Å². The highest BCUT2D eigenvalue weighted by Crippen LogP contribution is 2.42. The van der Waals surface area contributed by atoms with Gasteiger partial charge in [-0.2, -0.15) is 0 Å². The fraction of sp³-hybridized carbons (Fsp3) is 0.0556. The second kappa shape index (κ2) is 5.35. The summed E-state index contributed by atoms with van der Waals surface area (Å²) in [6.45, 7) is 0.785. The lowest BCUT2D eigenvalue weighted by atomic mass is 10.2. The molecule has 3 heterocycles. The van der Waals surface area contributed by atoms with Crippen molar-refractivity contribution < 1.29 is 0 Å². The summed E-state index contributed by atoms with van der Waals surface area (Å²) in [7, 11) is 0. The number of hydrogen-bond donors (Lipinski definition) is 1. The van der Waals surface area contributed by atoms with Gasteiger partial charge in [-0.05, 0) is 29.8 Å². The molecule has 24 heavy (non-hydrogen) atoms. The molecule has 0 bridgehead atoms. The number of hydrogen-bond acceptors (Lipinski definition) is 5. The molecule has 1 aliphatic rings. The predicted molar refractivity (Wildman–Crippen MR) is 94.7 cm³/mol. The zero-order valence-electron chi connectivity index (χ0n) is 12.7. The van der Waals surface area contributed by atoms with Crippen LogP contribution in [0.2, 0.25) is 0 Å². The molecule has 0 radical (unpaired) electrons. The molecular weight excluding hydrogens is 318 g/mol. The van der Waals surface area contributed by atoms with Gasteiger partial charge in [0.2, 0.25) is 0 Å². The lowest BCUT2D eigenvalue weighted by Crippen LogP contribution is -2.05. The average molecular weight is 331 g/mol. The minimum absolute atomic E-state index is 0.785. The molecule has 0 fully saturated rings. The first-order valence-electron chi connectivity index (χ1n) is 7.65. The molecule has 4 aromatic rings. The number of aromatic nitrogens is 4. The molecule has 5 nitrogen and oxygen atoms in total. The monoisotopic (exact) mass is 331 g/mol. The molecule has 0 aliphatic carbocycles. The van der Waals surface area contributed by atoms with Gasteiger partial charge in [0.1, 0.15) is 5.03 Å². The fourth-order valence-electron chi connectivity index (χ4n) is 2.91. The van der Waals surface area contributed by atoms with Crippen LogP contribution in [0.15, 0.2) is 71.1 Å². The van der Waals surface area contributed by atoms with Crippen LogP contribution in [0.3, 0.4) is 0 Å². The molecule has 116 valence electrons. The highest BCUT2D eigenvalue weighted by atomic mass is 32.2. The molecular formula is C18H13N5S. The number of para-hydroxylation sites is 2. The fourth-order valence-corrected chi connectivity index (χ4v) is 3.79. The van der Waals surface area contributed by atoms with E-state index in [1.807, 2.05) is 24.5 Å². The lowest BCUT2D eigenvalue weighted by molar-refractivity contribution is 0.823. The molecule has 0 atom stereocenters. The van der Waals surface area contributed by atoms with Crippen LogP contribution < -0.4 is 5.32 Å². The summed E-state index contributed by atoms with van der Waals surface area (Å²) < 4.78 is 2.17. The minimum Gasteiger partial charge on any atom is -0.337 e. The molecule has 2 aromatic carbocycles. The zero-order valence-corrected chi connectivity index (χ0v) is 13.5. The van der Waals surface area contributed by atoms with Crippen molar-refractivity contribution in [3.8, 4) is 0 Å². The zero-order chi connectivity index (χ0) is 15.9. The number of rotatable bonds is 2. The molecule has 1 aliphatic heterocycles. The Morgan fingerprint density at radius 3 is 2.92 bits per heavy atom. The number of nitrogens with zero attached hydrogens (tertiary/aromatic N) is 4. The van der Waals surface area contributed by atoms with E-state index in [0.29, 0.717) is 0 Å². The standard InChI is InChI=1S/C18H13N5S/c1-2-4-15-13(3-1)21-11-23(15)10-12-5-6-16-14(9-12)22-17-18(24-16)20-8-7-19-17/h1-9,11H,10H2,(H,19,22). The van der Waals surface area contributed by atoms with E-state index in [1.54, 1.807) is 24.2 Å². The normalized spacial score (nSPS) is 12.5. The van der Waals surface area contributed by atoms with Crippen molar-refractivity contribution in [1.29, 1.82) is 0 Å². The number of nitrogens with one attached hydrogen (secondary N) is 1. The van der Waals surface area contributed by atoms with Crippen molar-refractivity contribution in [3.63, 3.8) is 0 Å². The Balaban J connectivity index is 1.49. The van der Waals surface area contributed by atoms with E-state index in [0.717, 1.165) is 34.1 Å². The van der Waals surface area contributed by atoms with Gasteiger partial charge in [-0.25, -0.2) is 15.0 Å². The van der Waals surface area contributed by atoms with Gasteiger partial charge in [-0.1, -0.05) is 30.0 Å². The van der Waals surface area contributed by atoms with E-state index in [1.165, 1.54) is 10.5 Å². The Kier molecular flexibility index (Phi) is 3.02. The number of imidazole rings is 1. The number of benzene rings is 2. The van der Waals surface area contributed by atoms with E-state index in [2.05, 4.69) is 49.1 Å². The highest BCUT2D eigenvalue weighted by Gasteiger charge is 2.17. The Labute approximate surface area is 142 Å². The van der Waals surface area contributed by atoms with E-state index in [9.17, 15) is 0 Å². The largest absolute Gasteiger partial charge is 0.337 e. The van der Waals surface area contributed by atoms with Gasteiger partial charge in [-0.15, -0.1) is 0 Å². The number of anilines is 2. The summed E-state index contributed by atoms with van der Waals surface area (Å²) in [5.41, 5.74) is 4.47. The average Bonchev–Trinajstić information content (AvgIpc) is 3.03. The second-order valence-corrected chi connectivity index (χ2v) is 6.66. The van der Waals surface area contributed by atoms with Crippen LogP contribution >= 0.6 is 11.8 Å². The maximum Gasteiger partial charge on any atom is 0.163 e. The van der Waals surface area contributed by atoms with Crippen LogP contribution in [0.4, 0.5) is 11.5 Å². The van der Waals surface area contributed by atoms with Crippen LogP contribution in [0, 0.1) is 0 Å². The smallest absolute Gasteiger partial charge is 0.163 e. The van der Waals surface area contributed by atoms with Gasteiger partial charge in [0.05, 0.1) is 23.0 Å². The third-order valence-electron chi connectivity index (χ3n) is 4.05. The molecule has 1 N–H and O–H groups in total. The van der Waals surface area contributed by atoms with Crippen molar-refractivity contribution in [1.82, 2.24) is 19.5 Å². The van der Waals surface area contributed by atoms with E-state index >= 15 is 0 Å². The topological polar surface area (TPSA) is 55.6 Å². The Morgan fingerprint density at radius 1 is 1.00 bits per heavy atom. The molecule has 5 rings (SSSR count). The number of fused-ring (bicyclic) bond motifs is 3. The van der Waals surface area contributed by atoms with Crippen molar-refractivity contribution in [2.75, 3.05) is 5.32 Å². The van der Waals surface area contributed by atoms with Gasteiger partial charge < -0.3 is 9.88 Å². The van der Waals surface area contributed by atoms with Crippen LogP contribution in [0.1, 0.15) is 5.56 Å².